The molecule has 0 aromatic heterocycles. The first-order chi connectivity index (χ1) is 8.65. The molecule has 19 heavy (non-hydrogen) atoms. The van der Waals surface area contributed by atoms with Crippen molar-refractivity contribution in [2.24, 2.45) is 5.92 Å². The molecule has 0 bridgehead atoms. The summed E-state index contributed by atoms with van der Waals surface area (Å²) in [6, 6.07) is 3.50. The van der Waals surface area contributed by atoms with Gasteiger partial charge in [0.15, 0.2) is 0 Å². The number of rotatable bonds is 4. The number of hydrogen-bond donors (Lipinski definition) is 2. The molecule has 106 valence electrons. The molecule has 1 aliphatic rings. The average molecular weight is 282 g/mol. The zero-order valence-corrected chi connectivity index (χ0v) is 12.8. The van der Waals surface area contributed by atoms with Crippen molar-refractivity contribution in [2.75, 3.05) is 5.73 Å². The fraction of sp³-hybridized carbons (Fsp3) is 0.571. The first-order valence-corrected chi connectivity index (χ1v) is 8.03. The number of hydrogen-bond acceptors (Lipinski definition) is 3. The van der Waals surface area contributed by atoms with Gasteiger partial charge in [-0.2, -0.15) is 0 Å². The highest BCUT2D eigenvalue weighted by Gasteiger charge is 2.41. The molecule has 1 fully saturated rings. The lowest BCUT2D eigenvalue weighted by molar-refractivity contribution is 0.400. The summed E-state index contributed by atoms with van der Waals surface area (Å²) in [7, 11) is -3.58. The van der Waals surface area contributed by atoms with Crippen LogP contribution in [0.15, 0.2) is 17.0 Å². The highest BCUT2D eigenvalue weighted by atomic mass is 32.2. The number of anilines is 1. The van der Waals surface area contributed by atoms with Gasteiger partial charge in [-0.1, -0.05) is 6.07 Å². The Morgan fingerprint density at radius 1 is 1.26 bits per heavy atom. The summed E-state index contributed by atoms with van der Waals surface area (Å²) >= 11 is 0. The topological polar surface area (TPSA) is 72.2 Å². The summed E-state index contributed by atoms with van der Waals surface area (Å²) in [5.74, 6) is 0.425. The highest BCUT2D eigenvalue weighted by molar-refractivity contribution is 7.89. The Hall–Kier alpha value is -1.07. The van der Waals surface area contributed by atoms with Crippen molar-refractivity contribution in [2.45, 2.75) is 51.0 Å². The van der Waals surface area contributed by atoms with Gasteiger partial charge in [-0.3, -0.25) is 0 Å². The SMILES string of the molecule is Cc1ccc(N)c(S(=O)(=O)NC(C)(C)C2CC2)c1C. The van der Waals surface area contributed by atoms with E-state index in [9.17, 15) is 8.42 Å². The lowest BCUT2D eigenvalue weighted by atomic mass is 10.0. The van der Waals surface area contributed by atoms with Gasteiger partial charge < -0.3 is 5.73 Å². The van der Waals surface area contributed by atoms with Crippen molar-refractivity contribution in [3.63, 3.8) is 0 Å². The van der Waals surface area contributed by atoms with Crippen LogP contribution >= 0.6 is 0 Å². The zero-order valence-electron chi connectivity index (χ0n) is 11.9. The summed E-state index contributed by atoms with van der Waals surface area (Å²) < 4.78 is 28.0. The van der Waals surface area contributed by atoms with Gasteiger partial charge in [0, 0.05) is 5.54 Å². The van der Waals surface area contributed by atoms with Crippen molar-refractivity contribution >= 4 is 15.7 Å². The Kier molecular flexibility index (Phi) is 3.39. The number of nitrogen functional groups attached to an aromatic ring is 1. The first-order valence-electron chi connectivity index (χ1n) is 6.55. The van der Waals surface area contributed by atoms with Gasteiger partial charge in [-0.25, -0.2) is 13.1 Å². The Balaban J connectivity index is 2.43. The van der Waals surface area contributed by atoms with E-state index in [0.717, 1.165) is 24.0 Å². The Labute approximate surface area is 115 Å². The number of nitrogens with two attached hydrogens (primary N) is 1. The fourth-order valence-corrected chi connectivity index (χ4v) is 4.36. The second-order valence-corrected chi connectivity index (χ2v) is 7.65. The molecule has 1 aliphatic carbocycles. The van der Waals surface area contributed by atoms with Crippen molar-refractivity contribution in [1.82, 2.24) is 4.72 Å². The van der Waals surface area contributed by atoms with E-state index in [1.807, 2.05) is 26.8 Å². The lowest BCUT2D eigenvalue weighted by Crippen LogP contribution is -2.45. The fourth-order valence-electron chi connectivity index (χ4n) is 2.45. The predicted molar refractivity (Wildman–Crippen MR) is 77.5 cm³/mol. The molecule has 1 saturated carbocycles. The normalized spacial score (nSPS) is 16.6. The van der Waals surface area contributed by atoms with Crippen molar-refractivity contribution < 1.29 is 8.42 Å². The third-order valence-corrected chi connectivity index (χ3v) is 5.85. The summed E-state index contributed by atoms with van der Waals surface area (Å²) in [6.45, 7) is 7.55. The van der Waals surface area contributed by atoms with E-state index in [-0.39, 0.29) is 4.90 Å². The minimum absolute atomic E-state index is 0.223. The van der Waals surface area contributed by atoms with Gasteiger partial charge in [0.05, 0.1) is 5.69 Å². The second-order valence-electron chi connectivity index (χ2n) is 6.03. The Bertz CT molecular complexity index is 602. The van der Waals surface area contributed by atoms with Crippen LogP contribution in [0.5, 0.6) is 0 Å². The van der Waals surface area contributed by atoms with Crippen LogP contribution in [0, 0.1) is 19.8 Å². The van der Waals surface area contributed by atoms with E-state index < -0.39 is 15.6 Å². The minimum atomic E-state index is -3.58. The van der Waals surface area contributed by atoms with Gasteiger partial charge in [-0.15, -0.1) is 0 Å². The van der Waals surface area contributed by atoms with Crippen LogP contribution in [-0.2, 0) is 10.0 Å². The standard InChI is InChI=1S/C14H22N2O2S/c1-9-5-8-12(15)13(10(9)2)19(17,18)16-14(3,4)11-6-7-11/h5,8,11,16H,6-7,15H2,1-4H3. The maximum Gasteiger partial charge on any atom is 0.243 e. The van der Waals surface area contributed by atoms with E-state index in [0.29, 0.717) is 11.6 Å². The van der Waals surface area contributed by atoms with Crippen LogP contribution in [0.3, 0.4) is 0 Å². The van der Waals surface area contributed by atoms with E-state index >= 15 is 0 Å². The molecule has 5 heteroatoms. The Morgan fingerprint density at radius 2 is 1.84 bits per heavy atom. The van der Waals surface area contributed by atoms with Crippen molar-refractivity contribution in [1.29, 1.82) is 0 Å². The van der Waals surface area contributed by atoms with Crippen LogP contribution in [0.1, 0.15) is 37.8 Å². The van der Waals surface area contributed by atoms with E-state index in [1.165, 1.54) is 0 Å². The molecule has 0 heterocycles. The molecule has 0 atom stereocenters. The molecule has 0 amide bonds. The number of nitrogens with one attached hydrogen (secondary N) is 1. The van der Waals surface area contributed by atoms with Crippen molar-refractivity contribution in [3.05, 3.63) is 23.3 Å². The number of benzene rings is 1. The second kappa shape index (κ2) is 4.49. The van der Waals surface area contributed by atoms with E-state index in [1.54, 1.807) is 13.0 Å². The van der Waals surface area contributed by atoms with Gasteiger partial charge in [0.25, 0.3) is 0 Å². The molecule has 0 aliphatic heterocycles. The third-order valence-electron chi connectivity index (χ3n) is 3.97. The smallest absolute Gasteiger partial charge is 0.243 e. The molecular formula is C14H22N2O2S. The Morgan fingerprint density at radius 3 is 2.37 bits per heavy atom. The summed E-state index contributed by atoms with van der Waals surface area (Å²) in [5.41, 5.74) is 7.41. The molecule has 1 aromatic rings. The highest BCUT2D eigenvalue weighted by Crippen LogP contribution is 2.40. The number of sulfonamides is 1. The third kappa shape index (κ3) is 2.77. The lowest BCUT2D eigenvalue weighted by Gasteiger charge is -2.27. The molecule has 3 N–H and O–H groups in total. The van der Waals surface area contributed by atoms with Crippen LogP contribution in [-0.4, -0.2) is 14.0 Å². The minimum Gasteiger partial charge on any atom is -0.398 e. The van der Waals surface area contributed by atoms with Crippen LogP contribution in [0.4, 0.5) is 5.69 Å². The molecule has 0 unspecified atom stereocenters. The maximum atomic E-state index is 12.6. The summed E-state index contributed by atoms with van der Waals surface area (Å²) in [4.78, 5) is 0.223. The van der Waals surface area contributed by atoms with Gasteiger partial charge in [0.2, 0.25) is 10.0 Å². The van der Waals surface area contributed by atoms with E-state index in [2.05, 4.69) is 4.72 Å². The molecule has 0 spiro atoms. The van der Waals surface area contributed by atoms with Gasteiger partial charge >= 0.3 is 0 Å². The molecule has 0 saturated heterocycles. The quantitative estimate of drug-likeness (QED) is 0.833. The predicted octanol–water partition coefficient (Wildman–Crippen LogP) is 2.35. The maximum absolute atomic E-state index is 12.6. The molecule has 0 radical (unpaired) electrons. The molecular weight excluding hydrogens is 260 g/mol. The molecule has 4 nitrogen and oxygen atoms in total. The zero-order chi connectivity index (χ0) is 14.4. The van der Waals surface area contributed by atoms with Gasteiger partial charge in [0.1, 0.15) is 4.90 Å². The van der Waals surface area contributed by atoms with Crippen LogP contribution < -0.4 is 10.5 Å². The van der Waals surface area contributed by atoms with Crippen LogP contribution in [0.25, 0.3) is 0 Å². The monoisotopic (exact) mass is 282 g/mol. The van der Waals surface area contributed by atoms with E-state index in [4.69, 9.17) is 5.73 Å². The largest absolute Gasteiger partial charge is 0.398 e. The molecule has 1 aromatic carbocycles. The average Bonchev–Trinajstić information content (AvgIpc) is 3.05. The van der Waals surface area contributed by atoms with Crippen LogP contribution in [0.2, 0.25) is 0 Å². The first kappa shape index (κ1) is 14.3. The van der Waals surface area contributed by atoms with Crippen molar-refractivity contribution in [3.8, 4) is 0 Å². The van der Waals surface area contributed by atoms with Gasteiger partial charge in [-0.05, 0) is 63.6 Å². The summed E-state index contributed by atoms with van der Waals surface area (Å²) in [5, 5.41) is 0. The molecule has 2 rings (SSSR count). The number of aryl methyl sites for hydroxylation is 1. The summed E-state index contributed by atoms with van der Waals surface area (Å²) in [6.07, 6.45) is 2.16.